The van der Waals surface area contributed by atoms with Crippen LogP contribution in [0, 0.1) is 10.1 Å². The van der Waals surface area contributed by atoms with Crippen LogP contribution in [0.4, 0.5) is 11.4 Å². The number of hydrogen-bond donors (Lipinski definition) is 0. The van der Waals surface area contributed by atoms with Crippen LogP contribution in [0.2, 0.25) is 0 Å². The average Bonchev–Trinajstić information content (AvgIpc) is 3.35. The SMILES string of the molecule is CC(C)c1oc(C2CCCN2c2ccccc2[N+](=O)[O-])nc1-c1ccccc1. The number of nitrogens with zero attached hydrogens (tertiary/aromatic N) is 3. The molecule has 1 atom stereocenters. The van der Waals surface area contributed by atoms with E-state index in [0.717, 1.165) is 36.4 Å². The molecule has 4 rings (SSSR count). The Morgan fingerprint density at radius 3 is 2.57 bits per heavy atom. The quantitative estimate of drug-likeness (QED) is 0.420. The van der Waals surface area contributed by atoms with Crippen LogP contribution in [-0.4, -0.2) is 16.5 Å². The van der Waals surface area contributed by atoms with E-state index in [4.69, 9.17) is 9.40 Å². The molecule has 0 aliphatic carbocycles. The molecule has 0 bridgehead atoms. The second-order valence-corrected chi connectivity index (χ2v) is 7.38. The predicted octanol–water partition coefficient (Wildman–Crippen LogP) is 5.71. The molecule has 6 nitrogen and oxygen atoms in total. The second kappa shape index (κ2) is 7.46. The number of oxazole rings is 1. The fourth-order valence-corrected chi connectivity index (χ4v) is 3.86. The zero-order valence-electron chi connectivity index (χ0n) is 16.0. The molecule has 0 radical (unpaired) electrons. The Labute approximate surface area is 164 Å². The van der Waals surface area contributed by atoms with Crippen molar-refractivity contribution in [3.05, 3.63) is 76.4 Å². The maximum Gasteiger partial charge on any atom is 0.292 e. The molecule has 1 aliphatic rings. The van der Waals surface area contributed by atoms with Gasteiger partial charge in [0.15, 0.2) is 0 Å². The number of aromatic nitrogens is 1. The van der Waals surface area contributed by atoms with Crippen LogP contribution >= 0.6 is 0 Å². The van der Waals surface area contributed by atoms with Gasteiger partial charge in [-0.3, -0.25) is 10.1 Å². The first-order valence-corrected chi connectivity index (χ1v) is 9.62. The maximum atomic E-state index is 11.5. The summed E-state index contributed by atoms with van der Waals surface area (Å²) in [5.41, 5.74) is 2.63. The molecule has 0 N–H and O–H groups in total. The standard InChI is InChI=1S/C22H23N3O3/c1-15(2)21-20(16-9-4-3-5-10-16)23-22(28-21)19-13-8-14-24(19)17-11-6-7-12-18(17)25(26)27/h3-7,9-12,15,19H,8,13-14H2,1-2H3. The van der Waals surface area contributed by atoms with Crippen LogP contribution in [0.5, 0.6) is 0 Å². The molecular weight excluding hydrogens is 354 g/mol. The molecular formula is C22H23N3O3. The molecule has 3 aromatic rings. The Hall–Kier alpha value is -3.15. The van der Waals surface area contributed by atoms with Crippen LogP contribution in [0.15, 0.2) is 59.0 Å². The molecule has 1 unspecified atom stereocenters. The lowest BCUT2D eigenvalue weighted by molar-refractivity contribution is -0.384. The molecule has 1 fully saturated rings. The maximum absolute atomic E-state index is 11.5. The Bertz CT molecular complexity index is 982. The molecule has 144 valence electrons. The van der Waals surface area contributed by atoms with Crippen molar-refractivity contribution < 1.29 is 9.34 Å². The number of nitro benzene ring substituents is 1. The van der Waals surface area contributed by atoms with Crippen molar-refractivity contribution >= 4 is 11.4 Å². The van der Waals surface area contributed by atoms with Crippen molar-refractivity contribution in [1.29, 1.82) is 0 Å². The van der Waals surface area contributed by atoms with Crippen LogP contribution in [0.1, 0.15) is 50.3 Å². The van der Waals surface area contributed by atoms with Gasteiger partial charge in [-0.05, 0) is 18.9 Å². The highest BCUT2D eigenvalue weighted by Gasteiger charge is 2.34. The first-order chi connectivity index (χ1) is 13.6. The van der Waals surface area contributed by atoms with E-state index >= 15 is 0 Å². The van der Waals surface area contributed by atoms with E-state index in [1.165, 1.54) is 0 Å². The van der Waals surface area contributed by atoms with Gasteiger partial charge in [-0.25, -0.2) is 4.98 Å². The molecule has 6 heteroatoms. The van der Waals surface area contributed by atoms with E-state index in [2.05, 4.69) is 18.7 Å². The largest absolute Gasteiger partial charge is 0.442 e. The summed E-state index contributed by atoms with van der Waals surface area (Å²) in [5.74, 6) is 1.69. The summed E-state index contributed by atoms with van der Waals surface area (Å²) in [6.07, 6.45) is 1.80. The van der Waals surface area contributed by atoms with Crippen molar-refractivity contribution in [2.24, 2.45) is 0 Å². The highest BCUT2D eigenvalue weighted by atomic mass is 16.6. The molecule has 1 aromatic heterocycles. The molecule has 2 aromatic carbocycles. The monoisotopic (exact) mass is 377 g/mol. The van der Waals surface area contributed by atoms with E-state index in [9.17, 15) is 10.1 Å². The zero-order valence-corrected chi connectivity index (χ0v) is 16.0. The summed E-state index contributed by atoms with van der Waals surface area (Å²) in [7, 11) is 0. The van der Waals surface area contributed by atoms with E-state index in [0.29, 0.717) is 11.6 Å². The summed E-state index contributed by atoms with van der Waals surface area (Å²) in [6, 6.07) is 16.8. The lowest BCUT2D eigenvalue weighted by atomic mass is 10.0. The van der Waals surface area contributed by atoms with E-state index in [1.807, 2.05) is 36.4 Å². The summed E-state index contributed by atoms with van der Waals surface area (Å²) in [4.78, 5) is 18.1. The van der Waals surface area contributed by atoms with Crippen molar-refractivity contribution in [3.8, 4) is 11.3 Å². The number of anilines is 1. The first-order valence-electron chi connectivity index (χ1n) is 9.62. The number of para-hydroxylation sites is 2. The van der Waals surface area contributed by atoms with Gasteiger partial charge in [0, 0.05) is 24.1 Å². The van der Waals surface area contributed by atoms with Crippen LogP contribution in [0.25, 0.3) is 11.3 Å². The van der Waals surface area contributed by atoms with Gasteiger partial charge in [-0.2, -0.15) is 0 Å². The first kappa shape index (κ1) is 18.2. The van der Waals surface area contributed by atoms with E-state index < -0.39 is 0 Å². The van der Waals surface area contributed by atoms with Gasteiger partial charge in [0.1, 0.15) is 23.2 Å². The normalized spacial score (nSPS) is 16.7. The van der Waals surface area contributed by atoms with Gasteiger partial charge in [0.2, 0.25) is 5.89 Å². The van der Waals surface area contributed by atoms with Gasteiger partial charge < -0.3 is 9.32 Å². The number of hydrogen-bond acceptors (Lipinski definition) is 5. The van der Waals surface area contributed by atoms with Gasteiger partial charge in [0.25, 0.3) is 5.69 Å². The highest BCUT2D eigenvalue weighted by molar-refractivity contribution is 5.65. The molecule has 0 saturated carbocycles. The smallest absolute Gasteiger partial charge is 0.292 e. The number of rotatable bonds is 5. The fraction of sp³-hybridized carbons (Fsp3) is 0.318. The minimum absolute atomic E-state index is 0.101. The molecule has 0 spiro atoms. The van der Waals surface area contributed by atoms with Crippen LogP contribution in [0.3, 0.4) is 0 Å². The Kier molecular flexibility index (Phi) is 4.86. The third-order valence-electron chi connectivity index (χ3n) is 5.17. The lowest BCUT2D eigenvalue weighted by Crippen LogP contribution is -2.23. The third-order valence-corrected chi connectivity index (χ3v) is 5.17. The van der Waals surface area contributed by atoms with Gasteiger partial charge in [-0.15, -0.1) is 0 Å². The van der Waals surface area contributed by atoms with Crippen molar-refractivity contribution in [2.45, 2.75) is 38.6 Å². The minimum Gasteiger partial charge on any atom is -0.442 e. The summed E-state index contributed by atoms with van der Waals surface area (Å²) < 4.78 is 6.24. The highest BCUT2D eigenvalue weighted by Crippen LogP contribution is 2.42. The number of benzene rings is 2. The molecule has 1 aliphatic heterocycles. The van der Waals surface area contributed by atoms with Crippen molar-refractivity contribution in [3.63, 3.8) is 0 Å². The molecule has 0 amide bonds. The summed E-state index contributed by atoms with van der Waals surface area (Å²) in [6.45, 7) is 4.92. The second-order valence-electron chi connectivity index (χ2n) is 7.38. The van der Waals surface area contributed by atoms with E-state index in [-0.39, 0.29) is 22.6 Å². The minimum atomic E-state index is -0.324. The summed E-state index contributed by atoms with van der Waals surface area (Å²) >= 11 is 0. The van der Waals surface area contributed by atoms with Crippen molar-refractivity contribution in [1.82, 2.24) is 4.98 Å². The van der Waals surface area contributed by atoms with Gasteiger partial charge in [0.05, 0.1) is 4.92 Å². The Morgan fingerprint density at radius 2 is 1.86 bits per heavy atom. The fourth-order valence-electron chi connectivity index (χ4n) is 3.86. The Balaban J connectivity index is 1.76. The molecule has 2 heterocycles. The topological polar surface area (TPSA) is 72.4 Å². The van der Waals surface area contributed by atoms with Gasteiger partial charge >= 0.3 is 0 Å². The van der Waals surface area contributed by atoms with Crippen molar-refractivity contribution in [2.75, 3.05) is 11.4 Å². The third kappa shape index (κ3) is 3.26. The summed E-state index contributed by atoms with van der Waals surface area (Å²) in [5, 5.41) is 11.5. The number of nitro groups is 1. The van der Waals surface area contributed by atoms with Crippen LogP contribution < -0.4 is 4.90 Å². The van der Waals surface area contributed by atoms with Gasteiger partial charge in [-0.1, -0.05) is 56.3 Å². The predicted molar refractivity (Wildman–Crippen MR) is 108 cm³/mol. The molecule has 1 saturated heterocycles. The van der Waals surface area contributed by atoms with Crippen LogP contribution in [-0.2, 0) is 0 Å². The van der Waals surface area contributed by atoms with E-state index in [1.54, 1.807) is 18.2 Å². The zero-order chi connectivity index (χ0) is 19.7. The Morgan fingerprint density at radius 1 is 1.14 bits per heavy atom. The molecule has 28 heavy (non-hydrogen) atoms. The average molecular weight is 377 g/mol. The lowest BCUT2D eigenvalue weighted by Gasteiger charge is -2.24.